The fraction of sp³-hybridized carbons (Fsp3) is 0. The van der Waals surface area contributed by atoms with Crippen LogP contribution in [0.15, 0.2) is 53.3 Å². The highest BCUT2D eigenvalue weighted by Gasteiger charge is 2.34. The first-order valence-electron chi connectivity index (χ1n) is 6.63. The maximum Gasteiger partial charge on any atom is 0.258 e. The zero-order valence-electron chi connectivity index (χ0n) is 11.2. The van der Waals surface area contributed by atoms with E-state index in [-0.39, 0.29) is 5.91 Å². The summed E-state index contributed by atoms with van der Waals surface area (Å²) in [4.78, 5) is 12.4. The van der Waals surface area contributed by atoms with Crippen LogP contribution in [0.25, 0.3) is 5.57 Å². The van der Waals surface area contributed by atoms with E-state index in [0.29, 0.717) is 33.3 Å². The van der Waals surface area contributed by atoms with Crippen LogP contribution in [0, 0.1) is 0 Å². The summed E-state index contributed by atoms with van der Waals surface area (Å²) in [6.45, 7) is 0. The fourth-order valence-electron chi connectivity index (χ4n) is 2.80. The topological polar surface area (TPSA) is 73.7 Å². The molecule has 108 valence electrons. The number of para-hydroxylation sites is 1. The molecule has 0 aliphatic carbocycles. The van der Waals surface area contributed by atoms with Crippen molar-refractivity contribution in [2.75, 3.05) is 10.6 Å². The number of oxime groups is 1. The molecule has 22 heavy (non-hydrogen) atoms. The van der Waals surface area contributed by atoms with E-state index in [1.165, 1.54) is 0 Å². The van der Waals surface area contributed by atoms with Crippen molar-refractivity contribution in [2.24, 2.45) is 5.16 Å². The molecule has 5 nitrogen and oxygen atoms in total. The number of amides is 1. The Hall–Kier alpha value is -2.79. The van der Waals surface area contributed by atoms with Gasteiger partial charge in [-0.05, 0) is 24.3 Å². The van der Waals surface area contributed by atoms with Crippen molar-refractivity contribution in [1.82, 2.24) is 0 Å². The second kappa shape index (κ2) is 4.61. The second-order valence-corrected chi connectivity index (χ2v) is 5.45. The Balaban J connectivity index is 1.97. The average molecular weight is 312 g/mol. The molecule has 0 fully saturated rings. The molecule has 6 heteroatoms. The molecule has 4 rings (SSSR count). The third kappa shape index (κ3) is 1.72. The van der Waals surface area contributed by atoms with Crippen molar-refractivity contribution in [3.05, 3.63) is 64.3 Å². The fourth-order valence-corrected chi connectivity index (χ4v) is 2.97. The van der Waals surface area contributed by atoms with Gasteiger partial charge in [-0.15, -0.1) is 0 Å². The summed E-state index contributed by atoms with van der Waals surface area (Å²) >= 11 is 6.04. The van der Waals surface area contributed by atoms with Gasteiger partial charge in [-0.3, -0.25) is 4.79 Å². The van der Waals surface area contributed by atoms with Gasteiger partial charge in [0.25, 0.3) is 5.91 Å². The van der Waals surface area contributed by atoms with Crippen LogP contribution in [-0.2, 0) is 4.79 Å². The Labute approximate surface area is 130 Å². The van der Waals surface area contributed by atoms with Crippen LogP contribution in [0.3, 0.4) is 0 Å². The number of halogens is 1. The molecule has 0 saturated carbocycles. The molecule has 2 heterocycles. The zero-order valence-corrected chi connectivity index (χ0v) is 12.0. The number of rotatable bonds is 0. The molecule has 0 radical (unpaired) electrons. The minimum Gasteiger partial charge on any atom is -0.410 e. The minimum absolute atomic E-state index is 0.256. The zero-order chi connectivity index (χ0) is 15.3. The van der Waals surface area contributed by atoms with Crippen LogP contribution in [0.2, 0.25) is 5.02 Å². The van der Waals surface area contributed by atoms with Crippen LogP contribution in [0.4, 0.5) is 11.4 Å². The number of hydrogen-bond donors (Lipinski definition) is 3. The molecule has 2 aromatic rings. The highest BCUT2D eigenvalue weighted by atomic mass is 35.5. The van der Waals surface area contributed by atoms with Crippen molar-refractivity contribution < 1.29 is 10.0 Å². The lowest BCUT2D eigenvalue weighted by Gasteiger charge is -2.05. The SMILES string of the molecule is O=C1Nc2ccc(Cl)cc2/C1=C1/Nc2ccccc2/C1=N/O. The average Bonchev–Trinajstić information content (AvgIpc) is 3.03. The molecule has 0 atom stereocenters. The summed E-state index contributed by atoms with van der Waals surface area (Å²) in [6, 6.07) is 12.6. The number of benzene rings is 2. The minimum atomic E-state index is -0.256. The lowest BCUT2D eigenvalue weighted by molar-refractivity contribution is -0.110. The molecule has 0 unspecified atom stereocenters. The second-order valence-electron chi connectivity index (χ2n) is 5.01. The molecule has 0 aromatic heterocycles. The van der Waals surface area contributed by atoms with Crippen molar-refractivity contribution in [2.45, 2.75) is 0 Å². The number of nitrogens with one attached hydrogen (secondary N) is 2. The van der Waals surface area contributed by atoms with Crippen molar-refractivity contribution in [3.63, 3.8) is 0 Å². The molecule has 3 N–H and O–H groups in total. The predicted molar refractivity (Wildman–Crippen MR) is 85.4 cm³/mol. The quantitative estimate of drug-likeness (QED) is 0.397. The number of anilines is 2. The molecule has 0 spiro atoms. The summed E-state index contributed by atoms with van der Waals surface area (Å²) < 4.78 is 0. The summed E-state index contributed by atoms with van der Waals surface area (Å²) in [7, 11) is 0. The molecular formula is C16H10ClN3O2. The monoisotopic (exact) mass is 311 g/mol. The van der Waals surface area contributed by atoms with Crippen LogP contribution < -0.4 is 10.6 Å². The maximum atomic E-state index is 12.4. The van der Waals surface area contributed by atoms with Gasteiger partial charge < -0.3 is 15.8 Å². The van der Waals surface area contributed by atoms with Crippen LogP contribution in [0.5, 0.6) is 0 Å². The van der Waals surface area contributed by atoms with Crippen LogP contribution in [-0.4, -0.2) is 16.8 Å². The van der Waals surface area contributed by atoms with E-state index in [1.54, 1.807) is 18.2 Å². The normalized spacial score (nSPS) is 20.6. The lowest BCUT2D eigenvalue weighted by Crippen LogP contribution is -2.12. The number of carbonyl (C=O) groups excluding carboxylic acids is 1. The third-order valence-corrected chi connectivity index (χ3v) is 3.99. The van der Waals surface area contributed by atoms with E-state index >= 15 is 0 Å². The summed E-state index contributed by atoms with van der Waals surface area (Å²) in [5.41, 5.74) is 4.15. The Bertz CT molecular complexity index is 887. The van der Waals surface area contributed by atoms with Gasteiger partial charge in [0.2, 0.25) is 0 Å². The van der Waals surface area contributed by atoms with E-state index in [0.717, 1.165) is 11.3 Å². The first-order valence-corrected chi connectivity index (χ1v) is 7.01. The Kier molecular flexibility index (Phi) is 2.71. The number of carbonyl (C=O) groups is 1. The third-order valence-electron chi connectivity index (χ3n) is 3.75. The summed E-state index contributed by atoms with van der Waals surface area (Å²) in [6.07, 6.45) is 0. The first-order chi connectivity index (χ1) is 10.7. The van der Waals surface area contributed by atoms with Crippen molar-refractivity contribution in [1.29, 1.82) is 0 Å². The first kappa shape index (κ1) is 12.9. The van der Waals surface area contributed by atoms with Gasteiger partial charge in [0.05, 0.1) is 11.3 Å². The Morgan fingerprint density at radius 2 is 1.77 bits per heavy atom. The van der Waals surface area contributed by atoms with Gasteiger partial charge >= 0.3 is 0 Å². The highest BCUT2D eigenvalue weighted by molar-refractivity contribution is 6.40. The molecule has 2 aromatic carbocycles. The lowest BCUT2D eigenvalue weighted by atomic mass is 10.0. The maximum absolute atomic E-state index is 12.4. The number of hydrogen-bond acceptors (Lipinski definition) is 4. The molecular weight excluding hydrogens is 302 g/mol. The van der Waals surface area contributed by atoms with Gasteiger partial charge in [0.15, 0.2) is 0 Å². The van der Waals surface area contributed by atoms with E-state index in [4.69, 9.17) is 11.6 Å². The molecule has 1 amide bonds. The molecule has 0 saturated heterocycles. The van der Waals surface area contributed by atoms with Gasteiger partial charge in [-0.25, -0.2) is 0 Å². The molecule has 0 bridgehead atoms. The van der Waals surface area contributed by atoms with E-state index in [2.05, 4.69) is 15.8 Å². The predicted octanol–water partition coefficient (Wildman–Crippen LogP) is 3.31. The largest absolute Gasteiger partial charge is 0.410 e. The Morgan fingerprint density at radius 3 is 2.59 bits per heavy atom. The van der Waals surface area contributed by atoms with E-state index < -0.39 is 0 Å². The van der Waals surface area contributed by atoms with Crippen molar-refractivity contribution >= 4 is 40.2 Å². The molecule has 2 aliphatic rings. The number of allylic oxidation sites excluding steroid dienone is 1. The number of fused-ring (bicyclic) bond motifs is 2. The highest BCUT2D eigenvalue weighted by Crippen LogP contribution is 2.39. The van der Waals surface area contributed by atoms with Crippen molar-refractivity contribution in [3.8, 4) is 0 Å². The standard InChI is InChI=1S/C16H10ClN3O2/c17-8-5-6-12-10(7-8)13(16(21)19-12)15-14(20-22)9-3-1-2-4-11(9)18-15/h1-7,18,22H,(H,19,21)/b15-13-,20-14-. The van der Waals surface area contributed by atoms with Gasteiger partial charge in [-0.1, -0.05) is 35.0 Å². The van der Waals surface area contributed by atoms with Crippen LogP contribution in [0.1, 0.15) is 11.1 Å². The number of nitrogens with zero attached hydrogens (tertiary/aromatic N) is 1. The van der Waals surface area contributed by atoms with Gasteiger partial charge in [0, 0.05) is 27.5 Å². The van der Waals surface area contributed by atoms with E-state index in [1.807, 2.05) is 24.3 Å². The van der Waals surface area contributed by atoms with Gasteiger partial charge in [0.1, 0.15) is 5.71 Å². The Morgan fingerprint density at radius 1 is 1.00 bits per heavy atom. The summed E-state index contributed by atoms with van der Waals surface area (Å²) in [5, 5.41) is 19.2. The smallest absolute Gasteiger partial charge is 0.258 e. The van der Waals surface area contributed by atoms with Crippen LogP contribution >= 0.6 is 11.6 Å². The summed E-state index contributed by atoms with van der Waals surface area (Å²) in [5.74, 6) is -0.256. The van der Waals surface area contributed by atoms with E-state index in [9.17, 15) is 10.0 Å². The molecule has 2 aliphatic heterocycles. The van der Waals surface area contributed by atoms with Gasteiger partial charge in [-0.2, -0.15) is 0 Å².